The van der Waals surface area contributed by atoms with Gasteiger partial charge in [-0.05, 0) is 49.4 Å². The fourth-order valence-corrected chi connectivity index (χ4v) is 3.78. The molecular formula is C20H26N2O4. The maximum atomic E-state index is 11.9. The van der Waals surface area contributed by atoms with E-state index in [0.717, 1.165) is 35.7 Å². The third-order valence-electron chi connectivity index (χ3n) is 5.39. The molecule has 3 aliphatic rings. The summed E-state index contributed by atoms with van der Waals surface area (Å²) >= 11 is 0. The SMILES string of the molecule is CCOC(=O)N1CCC2(CC1)Oc1ccc(C3=NC[C@@H](C)CC3)cc1O2. The molecule has 3 aliphatic heterocycles. The Morgan fingerprint density at radius 2 is 2.08 bits per heavy atom. The van der Waals surface area contributed by atoms with Gasteiger partial charge in [-0.2, -0.15) is 0 Å². The van der Waals surface area contributed by atoms with Crippen molar-refractivity contribution in [3.8, 4) is 11.5 Å². The van der Waals surface area contributed by atoms with Gasteiger partial charge in [0.25, 0.3) is 5.79 Å². The lowest BCUT2D eigenvalue weighted by molar-refractivity contribution is -0.115. The molecule has 26 heavy (non-hydrogen) atoms. The zero-order valence-corrected chi connectivity index (χ0v) is 15.5. The van der Waals surface area contributed by atoms with Crippen molar-refractivity contribution in [1.29, 1.82) is 0 Å². The molecule has 0 unspecified atom stereocenters. The van der Waals surface area contributed by atoms with E-state index >= 15 is 0 Å². The van der Waals surface area contributed by atoms with Crippen LogP contribution in [0.25, 0.3) is 0 Å². The molecule has 0 saturated carbocycles. The number of hydrogen-bond donors (Lipinski definition) is 0. The monoisotopic (exact) mass is 358 g/mol. The number of amides is 1. The number of carbonyl (C=O) groups excluding carboxylic acids is 1. The third kappa shape index (κ3) is 3.24. The Morgan fingerprint density at radius 3 is 2.77 bits per heavy atom. The van der Waals surface area contributed by atoms with Gasteiger partial charge in [-0.25, -0.2) is 4.79 Å². The van der Waals surface area contributed by atoms with E-state index in [1.165, 1.54) is 6.42 Å². The van der Waals surface area contributed by atoms with Gasteiger partial charge in [-0.3, -0.25) is 4.99 Å². The topological polar surface area (TPSA) is 60.4 Å². The number of aliphatic imine (C=N–C) groups is 1. The first-order valence-corrected chi connectivity index (χ1v) is 9.56. The van der Waals surface area contributed by atoms with Crippen LogP contribution in [0, 0.1) is 5.92 Å². The van der Waals surface area contributed by atoms with Crippen LogP contribution in [0.4, 0.5) is 4.79 Å². The van der Waals surface area contributed by atoms with Crippen molar-refractivity contribution < 1.29 is 19.0 Å². The molecule has 6 heteroatoms. The van der Waals surface area contributed by atoms with Crippen LogP contribution in [-0.4, -0.2) is 48.7 Å². The summed E-state index contributed by atoms with van der Waals surface area (Å²) in [5.41, 5.74) is 2.29. The highest BCUT2D eigenvalue weighted by atomic mass is 16.7. The van der Waals surface area contributed by atoms with E-state index in [4.69, 9.17) is 19.2 Å². The van der Waals surface area contributed by atoms with Crippen LogP contribution in [0.2, 0.25) is 0 Å². The van der Waals surface area contributed by atoms with E-state index in [-0.39, 0.29) is 6.09 Å². The number of rotatable bonds is 2. The quantitative estimate of drug-likeness (QED) is 0.810. The highest BCUT2D eigenvalue weighted by Gasteiger charge is 2.45. The molecule has 140 valence electrons. The van der Waals surface area contributed by atoms with Crippen molar-refractivity contribution in [3.05, 3.63) is 23.8 Å². The molecule has 0 bridgehead atoms. The van der Waals surface area contributed by atoms with E-state index in [0.29, 0.717) is 38.5 Å². The van der Waals surface area contributed by atoms with Crippen molar-refractivity contribution in [1.82, 2.24) is 4.90 Å². The van der Waals surface area contributed by atoms with Gasteiger partial charge in [0.05, 0.1) is 6.61 Å². The highest BCUT2D eigenvalue weighted by Crippen LogP contribution is 2.44. The van der Waals surface area contributed by atoms with E-state index in [9.17, 15) is 4.79 Å². The molecule has 1 aromatic rings. The lowest BCUT2D eigenvalue weighted by atomic mass is 9.96. The molecule has 0 N–H and O–H groups in total. The number of piperidine rings is 1. The van der Waals surface area contributed by atoms with Crippen LogP contribution in [0.3, 0.4) is 0 Å². The zero-order valence-electron chi connectivity index (χ0n) is 15.5. The molecule has 0 aromatic heterocycles. The lowest BCUT2D eigenvalue weighted by Crippen LogP contribution is -2.51. The Labute approximate surface area is 154 Å². The number of benzene rings is 1. The summed E-state index contributed by atoms with van der Waals surface area (Å²) in [6.45, 7) is 6.50. The number of likely N-dealkylation sites (tertiary alicyclic amines) is 1. The molecular weight excluding hydrogens is 332 g/mol. The Kier molecular flexibility index (Phi) is 4.51. The second-order valence-corrected chi connectivity index (χ2v) is 7.39. The first-order valence-electron chi connectivity index (χ1n) is 9.56. The van der Waals surface area contributed by atoms with Crippen LogP contribution in [0.15, 0.2) is 23.2 Å². The van der Waals surface area contributed by atoms with Gasteiger partial charge >= 0.3 is 6.09 Å². The predicted molar refractivity (Wildman–Crippen MR) is 98.1 cm³/mol. The molecule has 1 saturated heterocycles. The van der Waals surface area contributed by atoms with Crippen molar-refractivity contribution in [2.24, 2.45) is 10.9 Å². The molecule has 1 atom stereocenters. The summed E-state index contributed by atoms with van der Waals surface area (Å²) < 4.78 is 17.4. The summed E-state index contributed by atoms with van der Waals surface area (Å²) in [5, 5.41) is 0. The minimum absolute atomic E-state index is 0.260. The van der Waals surface area contributed by atoms with Gasteiger partial charge < -0.3 is 19.1 Å². The number of fused-ring (bicyclic) bond motifs is 1. The molecule has 0 aliphatic carbocycles. The van der Waals surface area contributed by atoms with Gasteiger partial charge in [-0.15, -0.1) is 0 Å². The molecule has 1 amide bonds. The zero-order chi connectivity index (χ0) is 18.1. The summed E-state index contributed by atoms with van der Waals surface area (Å²) in [6, 6.07) is 6.11. The molecule has 1 spiro atoms. The van der Waals surface area contributed by atoms with Gasteiger partial charge in [0.2, 0.25) is 0 Å². The van der Waals surface area contributed by atoms with Crippen LogP contribution in [-0.2, 0) is 4.74 Å². The maximum absolute atomic E-state index is 11.9. The minimum atomic E-state index is -0.660. The largest absolute Gasteiger partial charge is 0.450 e. The Hall–Kier alpha value is -2.24. The predicted octanol–water partition coefficient (Wildman–Crippen LogP) is 3.63. The Morgan fingerprint density at radius 1 is 1.31 bits per heavy atom. The fraction of sp³-hybridized carbons (Fsp3) is 0.600. The summed E-state index contributed by atoms with van der Waals surface area (Å²) in [4.78, 5) is 18.3. The molecule has 3 heterocycles. The first-order chi connectivity index (χ1) is 12.6. The molecule has 0 radical (unpaired) electrons. The standard InChI is InChI=1S/C20H26N2O4/c1-3-24-19(23)22-10-8-20(9-11-22)25-17-7-5-15(12-18(17)26-20)16-6-4-14(2)13-21-16/h5,7,12,14H,3-4,6,8-11,13H2,1-2H3/t14-/m0/s1. The molecule has 4 rings (SSSR count). The van der Waals surface area contributed by atoms with Crippen LogP contribution in [0.1, 0.15) is 45.1 Å². The second kappa shape index (κ2) is 6.82. The van der Waals surface area contributed by atoms with E-state index < -0.39 is 5.79 Å². The first kappa shape index (κ1) is 17.2. The molecule has 1 aromatic carbocycles. The van der Waals surface area contributed by atoms with Crippen LogP contribution >= 0.6 is 0 Å². The van der Waals surface area contributed by atoms with Crippen molar-refractivity contribution in [3.63, 3.8) is 0 Å². The number of ether oxygens (including phenoxy) is 3. The molecule has 6 nitrogen and oxygen atoms in total. The fourth-order valence-electron chi connectivity index (χ4n) is 3.78. The summed E-state index contributed by atoms with van der Waals surface area (Å²) in [5.74, 6) is 1.57. The van der Waals surface area contributed by atoms with Crippen molar-refractivity contribution in [2.45, 2.75) is 45.3 Å². The highest BCUT2D eigenvalue weighted by molar-refractivity contribution is 6.01. The second-order valence-electron chi connectivity index (χ2n) is 7.39. The smallest absolute Gasteiger partial charge is 0.409 e. The van der Waals surface area contributed by atoms with Crippen molar-refractivity contribution in [2.75, 3.05) is 26.2 Å². The van der Waals surface area contributed by atoms with Gasteiger partial charge in [0.1, 0.15) is 0 Å². The van der Waals surface area contributed by atoms with Gasteiger partial charge in [-0.1, -0.05) is 6.92 Å². The van der Waals surface area contributed by atoms with Crippen LogP contribution < -0.4 is 9.47 Å². The van der Waals surface area contributed by atoms with Gasteiger partial charge in [0.15, 0.2) is 11.5 Å². The van der Waals surface area contributed by atoms with E-state index in [1.807, 2.05) is 13.0 Å². The Balaban J connectivity index is 1.44. The average molecular weight is 358 g/mol. The summed E-state index contributed by atoms with van der Waals surface area (Å²) in [6.07, 6.45) is 3.20. The Bertz CT molecular complexity index is 723. The van der Waals surface area contributed by atoms with Crippen LogP contribution in [0.5, 0.6) is 11.5 Å². The third-order valence-corrected chi connectivity index (χ3v) is 5.39. The normalized spacial score (nSPS) is 23.7. The summed E-state index contributed by atoms with van der Waals surface area (Å²) in [7, 11) is 0. The number of carbonyl (C=O) groups is 1. The van der Waals surface area contributed by atoms with Gasteiger partial charge in [0, 0.05) is 38.2 Å². The number of hydrogen-bond acceptors (Lipinski definition) is 5. The van der Waals surface area contributed by atoms with E-state index in [1.54, 1.807) is 4.90 Å². The lowest BCUT2D eigenvalue weighted by Gasteiger charge is -2.36. The number of nitrogens with zero attached hydrogens (tertiary/aromatic N) is 2. The van der Waals surface area contributed by atoms with E-state index in [2.05, 4.69) is 19.1 Å². The van der Waals surface area contributed by atoms with Crippen molar-refractivity contribution >= 4 is 11.8 Å². The minimum Gasteiger partial charge on any atom is -0.450 e. The average Bonchev–Trinajstić information content (AvgIpc) is 3.00. The molecule has 1 fully saturated rings. The maximum Gasteiger partial charge on any atom is 0.409 e.